The van der Waals surface area contributed by atoms with Crippen molar-refractivity contribution in [1.29, 1.82) is 0 Å². The monoisotopic (exact) mass is 260 g/mol. The quantitative estimate of drug-likeness (QED) is 0.855. The molecule has 0 radical (unpaired) electrons. The molecule has 0 aliphatic rings. The Morgan fingerprint density at radius 2 is 2.17 bits per heavy atom. The standard InChI is InChI=1S/C14H16N2OS/c1-4-12-9(2)14(18)16-13(15-12)10-6-5-7-11(8-10)17-3/h5-8H,4H2,1-3H3,(H,15,16,18). The normalized spacial score (nSPS) is 10.4. The molecule has 4 heteroatoms. The first-order valence-electron chi connectivity index (χ1n) is 5.90. The molecule has 2 aromatic rings. The minimum atomic E-state index is 0.656. The zero-order valence-corrected chi connectivity index (χ0v) is 11.6. The number of nitrogens with one attached hydrogen (secondary N) is 1. The Kier molecular flexibility index (Phi) is 3.77. The van der Waals surface area contributed by atoms with Crippen LogP contribution in [-0.2, 0) is 6.42 Å². The molecule has 1 aromatic carbocycles. The topological polar surface area (TPSA) is 37.9 Å². The van der Waals surface area contributed by atoms with E-state index >= 15 is 0 Å². The van der Waals surface area contributed by atoms with Crippen molar-refractivity contribution in [2.75, 3.05) is 7.11 Å². The Bertz CT molecular complexity index is 619. The van der Waals surface area contributed by atoms with Crippen molar-refractivity contribution in [3.05, 3.63) is 40.2 Å². The zero-order chi connectivity index (χ0) is 13.1. The van der Waals surface area contributed by atoms with Crippen molar-refractivity contribution in [2.24, 2.45) is 0 Å². The van der Waals surface area contributed by atoms with Gasteiger partial charge in [-0.1, -0.05) is 31.3 Å². The summed E-state index contributed by atoms with van der Waals surface area (Å²) in [5, 5.41) is 0. The minimum Gasteiger partial charge on any atom is -0.497 e. The lowest BCUT2D eigenvalue weighted by Gasteiger charge is -2.08. The number of aromatic nitrogens is 2. The van der Waals surface area contributed by atoms with E-state index in [-0.39, 0.29) is 0 Å². The molecular weight excluding hydrogens is 244 g/mol. The summed E-state index contributed by atoms with van der Waals surface area (Å²) in [6.07, 6.45) is 0.912. The molecule has 2 rings (SSSR count). The van der Waals surface area contributed by atoms with Crippen LogP contribution >= 0.6 is 12.2 Å². The fourth-order valence-corrected chi connectivity index (χ4v) is 2.05. The number of methoxy groups -OCH3 is 1. The van der Waals surface area contributed by atoms with Crippen LogP contribution in [0.25, 0.3) is 11.4 Å². The molecule has 0 fully saturated rings. The number of nitrogens with zero attached hydrogens (tertiary/aromatic N) is 1. The van der Waals surface area contributed by atoms with Gasteiger partial charge in [0.25, 0.3) is 0 Å². The Morgan fingerprint density at radius 1 is 1.39 bits per heavy atom. The van der Waals surface area contributed by atoms with E-state index in [0.29, 0.717) is 4.64 Å². The van der Waals surface area contributed by atoms with Gasteiger partial charge in [0.2, 0.25) is 0 Å². The summed E-state index contributed by atoms with van der Waals surface area (Å²) in [5.74, 6) is 1.61. The minimum absolute atomic E-state index is 0.656. The number of aromatic amines is 1. The fourth-order valence-electron chi connectivity index (χ4n) is 1.84. The van der Waals surface area contributed by atoms with Gasteiger partial charge in [0.1, 0.15) is 16.2 Å². The van der Waals surface area contributed by atoms with Gasteiger partial charge < -0.3 is 9.72 Å². The first kappa shape index (κ1) is 12.8. The van der Waals surface area contributed by atoms with Gasteiger partial charge in [-0.3, -0.25) is 0 Å². The van der Waals surface area contributed by atoms with E-state index in [1.807, 2.05) is 31.2 Å². The van der Waals surface area contributed by atoms with Crippen LogP contribution in [-0.4, -0.2) is 17.1 Å². The van der Waals surface area contributed by atoms with E-state index in [2.05, 4.69) is 16.9 Å². The van der Waals surface area contributed by atoms with Gasteiger partial charge in [0.15, 0.2) is 0 Å². The summed E-state index contributed by atoms with van der Waals surface area (Å²) in [6, 6.07) is 7.79. The van der Waals surface area contributed by atoms with Crippen molar-refractivity contribution in [3.63, 3.8) is 0 Å². The van der Waals surface area contributed by atoms with Gasteiger partial charge in [-0.2, -0.15) is 0 Å². The highest BCUT2D eigenvalue weighted by molar-refractivity contribution is 7.71. The largest absolute Gasteiger partial charge is 0.497 e. The summed E-state index contributed by atoms with van der Waals surface area (Å²) >= 11 is 5.29. The summed E-state index contributed by atoms with van der Waals surface area (Å²) < 4.78 is 5.88. The lowest BCUT2D eigenvalue weighted by atomic mass is 10.1. The van der Waals surface area contributed by atoms with Crippen LogP contribution in [0.1, 0.15) is 18.2 Å². The van der Waals surface area contributed by atoms with Gasteiger partial charge in [0, 0.05) is 16.8 Å². The molecular formula is C14H16N2OS. The third kappa shape index (κ3) is 2.43. The molecule has 0 unspecified atom stereocenters. The predicted molar refractivity (Wildman–Crippen MR) is 75.5 cm³/mol. The molecule has 0 amide bonds. The third-order valence-electron chi connectivity index (χ3n) is 2.95. The second kappa shape index (κ2) is 5.31. The van der Waals surface area contributed by atoms with Gasteiger partial charge in [-0.25, -0.2) is 4.98 Å². The molecule has 0 saturated heterocycles. The Hall–Kier alpha value is -1.68. The zero-order valence-electron chi connectivity index (χ0n) is 10.8. The van der Waals surface area contributed by atoms with E-state index in [9.17, 15) is 0 Å². The second-order valence-electron chi connectivity index (χ2n) is 4.08. The molecule has 0 atom stereocenters. The maximum atomic E-state index is 5.29. The highest BCUT2D eigenvalue weighted by Crippen LogP contribution is 2.22. The fraction of sp³-hybridized carbons (Fsp3) is 0.286. The van der Waals surface area contributed by atoms with Gasteiger partial charge in [0.05, 0.1) is 7.11 Å². The predicted octanol–water partition coefficient (Wildman–Crippen LogP) is 3.69. The molecule has 94 valence electrons. The average Bonchev–Trinajstić information content (AvgIpc) is 2.41. The molecule has 18 heavy (non-hydrogen) atoms. The SMILES string of the molecule is CCc1[nH]c(-c2cccc(OC)c2)nc(=S)c1C. The molecule has 0 aliphatic heterocycles. The number of rotatable bonds is 3. The van der Waals surface area contributed by atoms with Gasteiger partial charge in [-0.05, 0) is 25.5 Å². The number of aryl methyl sites for hydroxylation is 1. The summed E-state index contributed by atoms with van der Waals surface area (Å²) in [7, 11) is 1.65. The number of H-pyrrole nitrogens is 1. The van der Waals surface area contributed by atoms with Crippen LogP contribution in [0.15, 0.2) is 24.3 Å². The van der Waals surface area contributed by atoms with Crippen LogP contribution in [0.2, 0.25) is 0 Å². The lowest BCUT2D eigenvalue weighted by Crippen LogP contribution is -1.99. The number of hydrogen-bond acceptors (Lipinski definition) is 3. The molecule has 1 aromatic heterocycles. The third-order valence-corrected chi connectivity index (χ3v) is 3.35. The summed E-state index contributed by atoms with van der Waals surface area (Å²) in [6.45, 7) is 4.10. The van der Waals surface area contributed by atoms with Crippen molar-refractivity contribution >= 4 is 12.2 Å². The van der Waals surface area contributed by atoms with Crippen molar-refractivity contribution in [2.45, 2.75) is 20.3 Å². The molecule has 3 nitrogen and oxygen atoms in total. The van der Waals surface area contributed by atoms with E-state index in [0.717, 1.165) is 34.8 Å². The van der Waals surface area contributed by atoms with Crippen molar-refractivity contribution in [3.8, 4) is 17.1 Å². The van der Waals surface area contributed by atoms with Gasteiger partial charge in [-0.15, -0.1) is 0 Å². The highest BCUT2D eigenvalue weighted by atomic mass is 32.1. The summed E-state index contributed by atoms with van der Waals surface area (Å²) in [5.41, 5.74) is 3.17. The summed E-state index contributed by atoms with van der Waals surface area (Å²) in [4.78, 5) is 7.77. The maximum Gasteiger partial charge on any atom is 0.139 e. The molecule has 0 spiro atoms. The average molecular weight is 260 g/mol. The van der Waals surface area contributed by atoms with Gasteiger partial charge >= 0.3 is 0 Å². The first-order chi connectivity index (χ1) is 8.65. The molecule has 1 heterocycles. The van der Waals surface area contributed by atoms with E-state index < -0.39 is 0 Å². The van der Waals surface area contributed by atoms with Crippen molar-refractivity contribution in [1.82, 2.24) is 9.97 Å². The number of ether oxygens (including phenoxy) is 1. The Balaban J connectivity index is 2.57. The first-order valence-corrected chi connectivity index (χ1v) is 6.30. The second-order valence-corrected chi connectivity index (χ2v) is 4.47. The van der Waals surface area contributed by atoms with Crippen LogP contribution < -0.4 is 4.74 Å². The van der Waals surface area contributed by atoms with Crippen LogP contribution in [0.3, 0.4) is 0 Å². The lowest BCUT2D eigenvalue weighted by molar-refractivity contribution is 0.415. The molecule has 1 N–H and O–H groups in total. The molecule has 0 bridgehead atoms. The van der Waals surface area contributed by atoms with E-state index in [1.165, 1.54) is 0 Å². The van der Waals surface area contributed by atoms with Crippen LogP contribution in [0.5, 0.6) is 5.75 Å². The maximum absolute atomic E-state index is 5.29. The number of benzene rings is 1. The Morgan fingerprint density at radius 3 is 2.83 bits per heavy atom. The number of hydrogen-bond donors (Lipinski definition) is 1. The molecule has 0 aliphatic carbocycles. The van der Waals surface area contributed by atoms with Crippen LogP contribution in [0, 0.1) is 11.6 Å². The van der Waals surface area contributed by atoms with Crippen molar-refractivity contribution < 1.29 is 4.74 Å². The highest BCUT2D eigenvalue weighted by Gasteiger charge is 2.06. The Labute approximate surface area is 112 Å². The molecule has 0 saturated carbocycles. The van der Waals surface area contributed by atoms with Crippen LogP contribution in [0.4, 0.5) is 0 Å². The smallest absolute Gasteiger partial charge is 0.139 e. The van der Waals surface area contributed by atoms with E-state index in [4.69, 9.17) is 17.0 Å². The van der Waals surface area contributed by atoms with E-state index in [1.54, 1.807) is 7.11 Å².